The molecule has 3 aliphatic heterocycles. The van der Waals surface area contributed by atoms with Crippen molar-refractivity contribution in [3.8, 4) is 0 Å². The van der Waals surface area contributed by atoms with Crippen LogP contribution in [0.5, 0.6) is 0 Å². The van der Waals surface area contributed by atoms with Crippen LogP contribution in [0.3, 0.4) is 0 Å². The lowest BCUT2D eigenvalue weighted by molar-refractivity contribution is 0.256. The van der Waals surface area contributed by atoms with E-state index in [-0.39, 0.29) is 0 Å². The molecule has 3 fully saturated rings. The van der Waals surface area contributed by atoms with Crippen molar-refractivity contribution in [3.05, 3.63) is 23.8 Å². The molecular formula is C14H18N4O. The highest BCUT2D eigenvalue weighted by atomic mass is 16.6. The predicted octanol–water partition coefficient (Wildman–Crippen LogP) is 1.41. The summed E-state index contributed by atoms with van der Waals surface area (Å²) in [6.07, 6.45) is 2.68. The second kappa shape index (κ2) is 4.58. The first-order valence-corrected chi connectivity index (χ1v) is 7.04. The highest BCUT2D eigenvalue weighted by molar-refractivity contribution is 5.76. The zero-order valence-corrected chi connectivity index (χ0v) is 10.9. The number of hydrogen-bond donors (Lipinski definition) is 1. The minimum absolute atomic E-state index is 0.661. The molecule has 1 aromatic heterocycles. The molecular weight excluding hydrogens is 240 g/mol. The fraction of sp³-hybridized carbons (Fsp3) is 0.571. The summed E-state index contributed by atoms with van der Waals surface area (Å²) in [6.45, 7) is 4.44. The zero-order valence-electron chi connectivity index (χ0n) is 10.9. The molecule has 3 aliphatic rings. The third-order valence-corrected chi connectivity index (χ3v) is 4.38. The van der Waals surface area contributed by atoms with E-state index in [1.54, 1.807) is 0 Å². The second-order valence-electron chi connectivity index (χ2n) is 5.79. The number of rotatable bonds is 2. The molecule has 0 saturated carbocycles. The van der Waals surface area contributed by atoms with Gasteiger partial charge < -0.3 is 5.32 Å². The Morgan fingerprint density at radius 3 is 3.16 bits per heavy atom. The molecule has 5 heteroatoms. The van der Waals surface area contributed by atoms with E-state index in [0.717, 1.165) is 30.0 Å². The van der Waals surface area contributed by atoms with Gasteiger partial charge in [-0.15, -0.1) is 0 Å². The van der Waals surface area contributed by atoms with E-state index in [1.165, 1.54) is 31.5 Å². The monoisotopic (exact) mass is 258 g/mol. The molecule has 0 amide bonds. The van der Waals surface area contributed by atoms with Crippen LogP contribution in [0.2, 0.25) is 0 Å². The van der Waals surface area contributed by atoms with E-state index in [1.807, 2.05) is 12.1 Å². The highest BCUT2D eigenvalue weighted by Crippen LogP contribution is 2.24. The average Bonchev–Trinajstić information content (AvgIpc) is 2.73. The molecule has 4 heterocycles. The summed E-state index contributed by atoms with van der Waals surface area (Å²) in [4.78, 5) is 2.55. The van der Waals surface area contributed by atoms with Gasteiger partial charge in [0.05, 0.1) is 0 Å². The predicted molar refractivity (Wildman–Crippen MR) is 71.6 cm³/mol. The molecule has 19 heavy (non-hydrogen) atoms. The summed E-state index contributed by atoms with van der Waals surface area (Å²) in [7, 11) is 0. The van der Waals surface area contributed by atoms with Crippen LogP contribution in [-0.2, 0) is 6.54 Å². The van der Waals surface area contributed by atoms with Crippen molar-refractivity contribution in [2.24, 2.45) is 5.92 Å². The molecule has 0 spiro atoms. The molecule has 5 nitrogen and oxygen atoms in total. The van der Waals surface area contributed by atoms with Crippen molar-refractivity contribution in [1.29, 1.82) is 0 Å². The number of nitrogens with one attached hydrogen (secondary N) is 1. The van der Waals surface area contributed by atoms with E-state index in [0.29, 0.717) is 6.04 Å². The molecule has 2 bridgehead atoms. The summed E-state index contributed by atoms with van der Waals surface area (Å²) in [5, 5.41) is 11.6. The van der Waals surface area contributed by atoms with E-state index in [4.69, 9.17) is 4.63 Å². The third kappa shape index (κ3) is 2.13. The van der Waals surface area contributed by atoms with Gasteiger partial charge in [0.2, 0.25) is 0 Å². The van der Waals surface area contributed by atoms with Gasteiger partial charge in [-0.25, -0.2) is 4.63 Å². The van der Waals surface area contributed by atoms with E-state index in [2.05, 4.69) is 26.6 Å². The summed E-state index contributed by atoms with van der Waals surface area (Å²) in [5.41, 5.74) is 2.99. The Bertz CT molecular complexity index is 560. The van der Waals surface area contributed by atoms with Gasteiger partial charge in [0, 0.05) is 25.7 Å². The Balaban J connectivity index is 1.59. The first-order chi connectivity index (χ1) is 9.38. The van der Waals surface area contributed by atoms with E-state index in [9.17, 15) is 0 Å². The fourth-order valence-corrected chi connectivity index (χ4v) is 3.40. The molecule has 100 valence electrons. The van der Waals surface area contributed by atoms with Gasteiger partial charge in [0.1, 0.15) is 11.0 Å². The van der Waals surface area contributed by atoms with Crippen molar-refractivity contribution in [1.82, 2.24) is 20.5 Å². The topological polar surface area (TPSA) is 54.2 Å². The smallest absolute Gasteiger partial charge is 0.139 e. The quantitative estimate of drug-likeness (QED) is 0.882. The van der Waals surface area contributed by atoms with E-state index >= 15 is 0 Å². The lowest BCUT2D eigenvalue weighted by atomic mass is 9.97. The molecule has 0 aliphatic carbocycles. The van der Waals surface area contributed by atoms with Crippen LogP contribution >= 0.6 is 0 Å². The number of nitrogens with zero attached hydrogens (tertiary/aromatic N) is 3. The van der Waals surface area contributed by atoms with Crippen LogP contribution in [0, 0.1) is 5.92 Å². The summed E-state index contributed by atoms with van der Waals surface area (Å²) < 4.78 is 4.84. The molecule has 2 aromatic rings. The lowest BCUT2D eigenvalue weighted by Gasteiger charge is -2.23. The maximum Gasteiger partial charge on any atom is 0.139 e. The minimum Gasteiger partial charge on any atom is -0.312 e. The van der Waals surface area contributed by atoms with Crippen LogP contribution in [0.15, 0.2) is 22.8 Å². The lowest BCUT2D eigenvalue weighted by Crippen LogP contribution is -2.39. The van der Waals surface area contributed by atoms with Crippen molar-refractivity contribution >= 4 is 11.0 Å². The largest absolute Gasteiger partial charge is 0.312 e. The van der Waals surface area contributed by atoms with Gasteiger partial charge in [0.25, 0.3) is 0 Å². The van der Waals surface area contributed by atoms with Crippen molar-refractivity contribution in [3.63, 3.8) is 0 Å². The summed E-state index contributed by atoms with van der Waals surface area (Å²) >= 11 is 0. The maximum atomic E-state index is 4.84. The van der Waals surface area contributed by atoms with Crippen LogP contribution in [0.1, 0.15) is 18.4 Å². The average molecular weight is 258 g/mol. The SMILES string of the molecule is c1cc(CN2C[C@H]3CC[C@@H](C2)NC3)c2nonc2c1. The molecule has 2 atom stereocenters. The van der Waals surface area contributed by atoms with Crippen molar-refractivity contribution < 1.29 is 4.63 Å². The van der Waals surface area contributed by atoms with Gasteiger partial charge in [0.15, 0.2) is 0 Å². The summed E-state index contributed by atoms with van der Waals surface area (Å²) in [5.74, 6) is 0.799. The maximum absolute atomic E-state index is 4.84. The van der Waals surface area contributed by atoms with Crippen LogP contribution in [0.4, 0.5) is 0 Å². The van der Waals surface area contributed by atoms with Gasteiger partial charge >= 0.3 is 0 Å². The van der Waals surface area contributed by atoms with Gasteiger partial charge in [-0.3, -0.25) is 4.90 Å². The number of aromatic nitrogens is 2. The van der Waals surface area contributed by atoms with Gasteiger partial charge in [-0.2, -0.15) is 0 Å². The Morgan fingerprint density at radius 1 is 1.26 bits per heavy atom. The standard InChI is InChI=1S/C14H18N4O/c1-2-11(14-13(3-1)16-19-17-14)8-18-7-10-4-5-12(9-18)15-6-10/h1-3,10,12,15H,4-9H2/t10-,12-/m0/s1. The number of piperidine rings is 1. The molecule has 1 N–H and O–H groups in total. The van der Waals surface area contributed by atoms with Crippen molar-refractivity contribution in [2.75, 3.05) is 19.6 Å². The minimum atomic E-state index is 0.661. The first kappa shape index (κ1) is 11.4. The molecule has 0 radical (unpaired) electrons. The Labute approximate surface area is 111 Å². The molecule has 0 unspecified atom stereocenters. The Kier molecular flexibility index (Phi) is 2.74. The zero-order chi connectivity index (χ0) is 12.7. The normalized spacial score (nSPS) is 27.8. The van der Waals surface area contributed by atoms with Crippen LogP contribution in [0.25, 0.3) is 11.0 Å². The van der Waals surface area contributed by atoms with Crippen LogP contribution in [-0.4, -0.2) is 40.9 Å². The Morgan fingerprint density at radius 2 is 2.26 bits per heavy atom. The number of benzene rings is 1. The fourth-order valence-electron chi connectivity index (χ4n) is 3.40. The number of fused-ring (bicyclic) bond motifs is 5. The highest BCUT2D eigenvalue weighted by Gasteiger charge is 2.29. The first-order valence-electron chi connectivity index (χ1n) is 7.04. The third-order valence-electron chi connectivity index (χ3n) is 4.38. The number of hydrogen-bond acceptors (Lipinski definition) is 5. The van der Waals surface area contributed by atoms with Gasteiger partial charge in [-0.05, 0) is 47.2 Å². The van der Waals surface area contributed by atoms with Crippen LogP contribution < -0.4 is 5.32 Å². The molecule has 5 rings (SSSR count). The second-order valence-corrected chi connectivity index (χ2v) is 5.79. The van der Waals surface area contributed by atoms with Crippen molar-refractivity contribution in [2.45, 2.75) is 25.4 Å². The molecule has 3 saturated heterocycles. The van der Waals surface area contributed by atoms with Gasteiger partial charge in [-0.1, -0.05) is 12.1 Å². The molecule has 1 aromatic carbocycles. The van der Waals surface area contributed by atoms with E-state index < -0.39 is 0 Å². The summed E-state index contributed by atoms with van der Waals surface area (Å²) in [6, 6.07) is 6.77. The Hall–Kier alpha value is -1.46.